The Labute approximate surface area is 265 Å². The molecule has 2 aliphatic rings. The van der Waals surface area contributed by atoms with Gasteiger partial charge in [0.15, 0.2) is 5.82 Å². The molecular formula is C34H45N8O3+. The molecule has 1 fully saturated rings. The van der Waals surface area contributed by atoms with Crippen LogP contribution >= 0.6 is 0 Å². The number of piperidine rings is 1. The van der Waals surface area contributed by atoms with E-state index >= 15 is 0 Å². The molecule has 1 unspecified atom stereocenters. The summed E-state index contributed by atoms with van der Waals surface area (Å²) >= 11 is 0. The van der Waals surface area contributed by atoms with Gasteiger partial charge in [0, 0.05) is 48.7 Å². The highest BCUT2D eigenvalue weighted by atomic mass is 16.2. The lowest BCUT2D eigenvalue weighted by Gasteiger charge is -2.39. The monoisotopic (exact) mass is 613 g/mol. The number of aromatic amines is 1. The molecule has 2 aliphatic heterocycles. The summed E-state index contributed by atoms with van der Waals surface area (Å²) in [6, 6.07) is 17.5. The molecular weight excluding hydrogens is 568 g/mol. The van der Waals surface area contributed by atoms with Crippen molar-refractivity contribution in [2.75, 3.05) is 51.4 Å². The van der Waals surface area contributed by atoms with E-state index in [9.17, 15) is 14.4 Å². The van der Waals surface area contributed by atoms with Gasteiger partial charge in [-0.3, -0.25) is 19.2 Å². The van der Waals surface area contributed by atoms with Crippen LogP contribution in [0.4, 0.5) is 22.0 Å². The summed E-state index contributed by atoms with van der Waals surface area (Å²) in [6.45, 7) is 10.1. The molecule has 4 N–H and O–H groups in total. The number of nitrogens with zero attached hydrogens (tertiary/aromatic N) is 4. The average molecular weight is 614 g/mol. The number of likely N-dealkylation sites (N-methyl/N-ethyl adjacent to an activating group) is 1. The number of hydrogen-bond donors (Lipinski definition) is 4. The van der Waals surface area contributed by atoms with Gasteiger partial charge >= 0.3 is 6.03 Å². The molecule has 1 atom stereocenters. The van der Waals surface area contributed by atoms with Gasteiger partial charge in [-0.05, 0) is 51.7 Å². The molecule has 238 valence electrons. The van der Waals surface area contributed by atoms with E-state index in [0.29, 0.717) is 23.4 Å². The molecule has 0 aliphatic carbocycles. The van der Waals surface area contributed by atoms with E-state index in [4.69, 9.17) is 0 Å². The third kappa shape index (κ3) is 6.79. The number of urea groups is 1. The van der Waals surface area contributed by atoms with E-state index in [2.05, 4.69) is 44.7 Å². The maximum atomic E-state index is 13.7. The Kier molecular flexibility index (Phi) is 9.13. The Hall–Kier alpha value is -4.48. The smallest absolute Gasteiger partial charge is 0.319 e. The van der Waals surface area contributed by atoms with Gasteiger partial charge < -0.3 is 25.8 Å². The fourth-order valence-corrected chi connectivity index (χ4v) is 6.43. The quantitative estimate of drug-likeness (QED) is 0.208. The number of nitrogens with one attached hydrogen (secondary N) is 4. The first-order valence-corrected chi connectivity index (χ1v) is 15.5. The number of quaternary nitrogens is 1. The molecule has 11 nitrogen and oxygen atoms in total. The van der Waals surface area contributed by atoms with Gasteiger partial charge in [0.2, 0.25) is 11.8 Å². The number of aromatic nitrogens is 2. The Morgan fingerprint density at radius 1 is 1.09 bits per heavy atom. The molecule has 5 rings (SSSR count). The van der Waals surface area contributed by atoms with Crippen molar-refractivity contribution in [3.8, 4) is 0 Å². The number of fused-ring (bicyclic) bond motifs is 1. The first-order valence-electron chi connectivity index (χ1n) is 15.5. The second-order valence-electron chi connectivity index (χ2n) is 13.1. The molecule has 0 saturated carbocycles. The second kappa shape index (κ2) is 12.9. The minimum absolute atomic E-state index is 0.0473. The molecule has 45 heavy (non-hydrogen) atoms. The number of benzene rings is 2. The lowest BCUT2D eigenvalue weighted by atomic mass is 9.93. The summed E-state index contributed by atoms with van der Waals surface area (Å²) in [7, 11) is 6.16. The van der Waals surface area contributed by atoms with Crippen LogP contribution < -0.4 is 20.4 Å². The molecule has 0 radical (unpaired) electrons. The molecule has 2 aromatic carbocycles. The molecule has 0 spiro atoms. The average Bonchev–Trinajstić information content (AvgIpc) is 3.54. The highest BCUT2D eigenvalue weighted by molar-refractivity contribution is 5.99. The second-order valence-corrected chi connectivity index (χ2v) is 13.1. The lowest BCUT2D eigenvalue weighted by Crippen LogP contribution is -2.52. The normalized spacial score (nSPS) is 21.1. The van der Waals surface area contributed by atoms with E-state index in [1.54, 1.807) is 4.90 Å². The predicted molar refractivity (Wildman–Crippen MR) is 177 cm³/mol. The fourth-order valence-electron chi connectivity index (χ4n) is 6.43. The van der Waals surface area contributed by atoms with Crippen molar-refractivity contribution >= 4 is 35.0 Å². The van der Waals surface area contributed by atoms with Crippen molar-refractivity contribution < 1.29 is 14.4 Å². The molecule has 3 aromatic rings. The largest absolute Gasteiger partial charge is 0.330 e. The summed E-state index contributed by atoms with van der Waals surface area (Å²) in [5.41, 5.74) is 3.94. The number of carbonyl (C=O) groups is 3. The van der Waals surface area contributed by atoms with Gasteiger partial charge in [-0.1, -0.05) is 36.9 Å². The van der Waals surface area contributed by atoms with Crippen LogP contribution in [0.15, 0.2) is 67.3 Å². The Bertz CT molecular complexity index is 1540. The molecule has 1 saturated heterocycles. The number of anilines is 2. The summed E-state index contributed by atoms with van der Waals surface area (Å²) in [5.74, 6) is 0.0649. The molecule has 11 heteroatoms. The van der Waals surface area contributed by atoms with Gasteiger partial charge in [-0.25, -0.2) is 4.79 Å². The fraction of sp³-hybridized carbons (Fsp3) is 0.412. The van der Waals surface area contributed by atoms with Crippen molar-refractivity contribution in [2.45, 2.75) is 44.8 Å². The first-order chi connectivity index (χ1) is 21.4. The van der Waals surface area contributed by atoms with E-state index in [0.717, 1.165) is 54.1 Å². The van der Waals surface area contributed by atoms with E-state index in [1.165, 1.54) is 6.08 Å². The highest BCUT2D eigenvalue weighted by Crippen LogP contribution is 2.41. The van der Waals surface area contributed by atoms with Crippen molar-refractivity contribution in [2.24, 2.45) is 5.92 Å². The Balaban J connectivity index is 1.21. The van der Waals surface area contributed by atoms with Crippen LogP contribution in [0.1, 0.15) is 49.6 Å². The van der Waals surface area contributed by atoms with Crippen LogP contribution in [0.2, 0.25) is 0 Å². The zero-order valence-corrected chi connectivity index (χ0v) is 26.9. The van der Waals surface area contributed by atoms with Crippen LogP contribution in [0.3, 0.4) is 0 Å². The van der Waals surface area contributed by atoms with Crippen LogP contribution in [0.5, 0.6) is 0 Å². The topological polar surface area (TPSA) is 122 Å². The van der Waals surface area contributed by atoms with E-state index in [-0.39, 0.29) is 29.8 Å². The third-order valence-corrected chi connectivity index (χ3v) is 9.26. The van der Waals surface area contributed by atoms with Crippen LogP contribution in [-0.4, -0.2) is 78.6 Å². The summed E-state index contributed by atoms with van der Waals surface area (Å²) in [6.07, 6.45) is 2.71. The number of H-pyrrole nitrogens is 1. The Morgan fingerprint density at radius 3 is 2.38 bits per heavy atom. The molecule has 4 amide bonds. The van der Waals surface area contributed by atoms with Crippen molar-refractivity contribution in [3.05, 3.63) is 84.1 Å². The van der Waals surface area contributed by atoms with Crippen LogP contribution in [0.25, 0.3) is 0 Å². The van der Waals surface area contributed by atoms with Crippen molar-refractivity contribution in [1.82, 2.24) is 29.8 Å². The molecule has 0 bridgehead atoms. The lowest BCUT2D eigenvalue weighted by molar-refractivity contribution is -0.121. The molecule has 1 aromatic heterocycles. The van der Waals surface area contributed by atoms with Gasteiger partial charge in [0.05, 0.1) is 44.0 Å². The van der Waals surface area contributed by atoms with Gasteiger partial charge in [0.1, 0.15) is 5.69 Å². The Morgan fingerprint density at radius 2 is 1.76 bits per heavy atom. The maximum Gasteiger partial charge on any atom is 0.319 e. The predicted octanol–water partition coefficient (Wildman–Crippen LogP) is 4.58. The zero-order valence-electron chi connectivity index (χ0n) is 26.9. The number of hydrogen-bond acceptors (Lipinski definition) is 5. The van der Waals surface area contributed by atoms with Gasteiger partial charge in [-0.2, -0.15) is 5.10 Å². The summed E-state index contributed by atoms with van der Waals surface area (Å²) < 4.78 is 0.716. The minimum Gasteiger partial charge on any atom is -0.330 e. The van der Waals surface area contributed by atoms with E-state index < -0.39 is 5.54 Å². The highest BCUT2D eigenvalue weighted by Gasteiger charge is 2.45. The van der Waals surface area contributed by atoms with Crippen LogP contribution in [-0.2, 0) is 21.7 Å². The van der Waals surface area contributed by atoms with Crippen molar-refractivity contribution in [3.63, 3.8) is 0 Å². The molecule has 3 heterocycles. The van der Waals surface area contributed by atoms with Gasteiger partial charge in [0.25, 0.3) is 0 Å². The SMILES string of the molecule is C=CC(=O)Nc1ccc([N+]2(C)CCC(C(=O)Nc3n[nH]c4c3CN(C(=O)NC(CN(C)C)c3ccccc3)C4(C)C)CC2)cc1. The number of likely N-dealkylation sites (tertiary alicyclic amines) is 1. The van der Waals surface area contributed by atoms with Crippen LogP contribution in [0, 0.1) is 5.92 Å². The minimum atomic E-state index is -0.636. The summed E-state index contributed by atoms with van der Waals surface area (Å²) in [5, 5.41) is 16.7. The standard InChI is InChI=1S/C34H44N8O3/c1-7-29(43)35-25-13-15-26(16-14-25)42(6)19-17-24(18-20-42)32(44)37-31-27-21-41(34(2,3)30(27)38-39-31)33(45)36-28(22-40(4)5)23-11-9-8-10-12-23/h7-16,24,28H,1,17-22H2,2-6H3,(H3-,35,36,37,38,39,43,44,45)/p+1. The number of rotatable bonds is 9. The van der Waals surface area contributed by atoms with Crippen molar-refractivity contribution in [1.29, 1.82) is 0 Å². The van der Waals surface area contributed by atoms with Gasteiger partial charge in [-0.15, -0.1) is 0 Å². The number of amides is 4. The zero-order chi connectivity index (χ0) is 32.4. The third-order valence-electron chi connectivity index (χ3n) is 9.26. The summed E-state index contributed by atoms with van der Waals surface area (Å²) in [4.78, 5) is 42.6. The number of carbonyl (C=O) groups excluding carboxylic acids is 3. The first kappa shape index (κ1) is 31.9. The van der Waals surface area contributed by atoms with E-state index in [1.807, 2.05) is 82.5 Å². The maximum absolute atomic E-state index is 13.7.